The van der Waals surface area contributed by atoms with Gasteiger partial charge in [-0.15, -0.1) is 0 Å². The van der Waals surface area contributed by atoms with Crippen LogP contribution in [0.2, 0.25) is 0 Å². The van der Waals surface area contributed by atoms with Gasteiger partial charge in [0.2, 0.25) is 0 Å². The van der Waals surface area contributed by atoms with Gasteiger partial charge in [0.05, 0.1) is 0 Å². The maximum absolute atomic E-state index is 13.0. The lowest BCUT2D eigenvalue weighted by atomic mass is 10.1. The Morgan fingerprint density at radius 2 is 2.40 bits per heavy atom. The number of aliphatic carboxylic acids is 1. The Balaban J connectivity index is 2.82. The first kappa shape index (κ1) is 7.25. The lowest BCUT2D eigenvalue weighted by molar-refractivity contribution is -0.143. The highest BCUT2D eigenvalue weighted by atomic mass is 19.1. The molecule has 56 valence electrons. The van der Waals surface area contributed by atoms with Crippen molar-refractivity contribution in [3.8, 4) is 0 Å². The van der Waals surface area contributed by atoms with E-state index < -0.39 is 17.1 Å². The molecule has 0 radical (unpaired) electrons. The lowest BCUT2D eigenvalue weighted by Gasteiger charge is -2.04. The second-order valence-electron chi connectivity index (χ2n) is 2.88. The smallest absolute Gasteiger partial charge is 0.313 e. The Labute approximate surface area is 58.4 Å². The molecule has 0 bridgehead atoms. The van der Waals surface area contributed by atoms with Gasteiger partial charge in [0.15, 0.2) is 0 Å². The molecule has 0 aromatic heterocycles. The van der Waals surface area contributed by atoms with E-state index in [2.05, 4.69) is 6.58 Å². The molecule has 0 aromatic rings. The van der Waals surface area contributed by atoms with Crippen LogP contribution in [0.4, 0.5) is 4.39 Å². The fraction of sp³-hybridized carbons (Fsp3) is 0.571. The van der Waals surface area contributed by atoms with E-state index in [9.17, 15) is 9.18 Å². The van der Waals surface area contributed by atoms with Gasteiger partial charge in [-0.25, -0.2) is 4.39 Å². The Hall–Kier alpha value is -0.860. The molecule has 0 amide bonds. The van der Waals surface area contributed by atoms with E-state index >= 15 is 0 Å². The van der Waals surface area contributed by atoms with Crippen LogP contribution in [0.1, 0.15) is 13.3 Å². The number of alkyl halides is 1. The minimum absolute atomic E-state index is 0.0544. The van der Waals surface area contributed by atoms with Gasteiger partial charge in [-0.1, -0.05) is 12.7 Å². The molecule has 1 fully saturated rings. The van der Waals surface area contributed by atoms with Gasteiger partial charge in [-0.05, 0) is 6.92 Å². The molecule has 2 nitrogen and oxygen atoms in total. The van der Waals surface area contributed by atoms with Crippen LogP contribution < -0.4 is 0 Å². The monoisotopic (exact) mass is 144 g/mol. The third-order valence-electron chi connectivity index (χ3n) is 2.20. The minimum atomic E-state index is -1.67. The zero-order valence-corrected chi connectivity index (χ0v) is 5.72. The zero-order chi connectivity index (χ0) is 7.99. The Morgan fingerprint density at radius 3 is 2.50 bits per heavy atom. The first-order chi connectivity index (χ1) is 4.46. The molecule has 1 aliphatic rings. The van der Waals surface area contributed by atoms with Crippen LogP contribution in [0, 0.1) is 5.41 Å². The van der Waals surface area contributed by atoms with Crippen LogP contribution >= 0.6 is 0 Å². The van der Waals surface area contributed by atoms with Crippen LogP contribution in [0.25, 0.3) is 0 Å². The van der Waals surface area contributed by atoms with Crippen molar-refractivity contribution in [2.45, 2.75) is 19.0 Å². The van der Waals surface area contributed by atoms with Gasteiger partial charge in [0, 0.05) is 6.42 Å². The fourth-order valence-electron chi connectivity index (χ4n) is 1.02. The number of rotatable bonds is 2. The molecule has 0 heterocycles. The van der Waals surface area contributed by atoms with E-state index in [0.29, 0.717) is 0 Å². The van der Waals surface area contributed by atoms with E-state index in [4.69, 9.17) is 5.11 Å². The molecule has 0 spiro atoms. The first-order valence-electron chi connectivity index (χ1n) is 3.02. The summed E-state index contributed by atoms with van der Waals surface area (Å²) in [6.07, 6.45) is 1.12. The first-order valence-corrected chi connectivity index (χ1v) is 3.02. The van der Waals surface area contributed by atoms with Gasteiger partial charge in [0.1, 0.15) is 11.1 Å². The summed E-state index contributed by atoms with van der Waals surface area (Å²) in [5.41, 5.74) is -2.88. The molecule has 1 rings (SSSR count). The normalized spacial score (nSPS) is 44.6. The summed E-state index contributed by atoms with van der Waals surface area (Å²) in [6.45, 7) is 4.62. The zero-order valence-electron chi connectivity index (χ0n) is 5.72. The summed E-state index contributed by atoms with van der Waals surface area (Å²) in [5.74, 6) is -1.09. The number of allylic oxidation sites excluding steroid dienone is 1. The van der Waals surface area contributed by atoms with E-state index in [0.717, 1.165) is 6.08 Å². The summed E-state index contributed by atoms with van der Waals surface area (Å²) >= 11 is 0. The van der Waals surface area contributed by atoms with Gasteiger partial charge >= 0.3 is 5.97 Å². The highest BCUT2D eigenvalue weighted by Gasteiger charge is 2.69. The second-order valence-corrected chi connectivity index (χ2v) is 2.88. The summed E-state index contributed by atoms with van der Waals surface area (Å²) in [6, 6.07) is 0. The van der Waals surface area contributed by atoms with Gasteiger partial charge in [-0.3, -0.25) is 4.79 Å². The Bertz CT molecular complexity index is 202. The van der Waals surface area contributed by atoms with Crippen LogP contribution in [0.5, 0.6) is 0 Å². The molecular weight excluding hydrogens is 135 g/mol. The predicted octanol–water partition coefficient (Wildman–Crippen LogP) is 1.38. The molecule has 0 aliphatic heterocycles. The summed E-state index contributed by atoms with van der Waals surface area (Å²) in [5, 5.41) is 8.49. The Morgan fingerprint density at radius 1 is 1.90 bits per heavy atom. The highest BCUT2D eigenvalue weighted by Crippen LogP contribution is 2.59. The van der Waals surface area contributed by atoms with Gasteiger partial charge < -0.3 is 5.11 Å². The van der Waals surface area contributed by atoms with E-state index in [1.807, 2.05) is 0 Å². The molecule has 10 heavy (non-hydrogen) atoms. The van der Waals surface area contributed by atoms with Gasteiger partial charge in [0.25, 0.3) is 0 Å². The third kappa shape index (κ3) is 0.602. The summed E-state index contributed by atoms with van der Waals surface area (Å²) in [7, 11) is 0. The Kier molecular flexibility index (Phi) is 1.15. The maximum Gasteiger partial charge on any atom is 0.313 e. The molecule has 1 aliphatic carbocycles. The van der Waals surface area contributed by atoms with Crippen LogP contribution in [-0.2, 0) is 4.79 Å². The average molecular weight is 144 g/mol. The predicted molar refractivity (Wildman–Crippen MR) is 34.4 cm³/mol. The molecule has 0 unspecified atom stereocenters. The van der Waals surface area contributed by atoms with Crippen molar-refractivity contribution in [3.63, 3.8) is 0 Å². The van der Waals surface area contributed by atoms with E-state index in [1.54, 1.807) is 0 Å². The molecule has 1 saturated carbocycles. The van der Waals surface area contributed by atoms with Crippen molar-refractivity contribution >= 4 is 5.97 Å². The van der Waals surface area contributed by atoms with Gasteiger partial charge in [-0.2, -0.15) is 0 Å². The topological polar surface area (TPSA) is 37.3 Å². The molecular formula is C7H9FO2. The summed E-state index contributed by atoms with van der Waals surface area (Å²) in [4.78, 5) is 10.4. The van der Waals surface area contributed by atoms with Crippen LogP contribution in [0.15, 0.2) is 12.7 Å². The summed E-state index contributed by atoms with van der Waals surface area (Å²) < 4.78 is 13.0. The van der Waals surface area contributed by atoms with Crippen molar-refractivity contribution < 1.29 is 14.3 Å². The number of hydrogen-bond acceptors (Lipinski definition) is 1. The third-order valence-corrected chi connectivity index (χ3v) is 2.20. The fourth-order valence-corrected chi connectivity index (χ4v) is 1.02. The van der Waals surface area contributed by atoms with E-state index in [-0.39, 0.29) is 6.42 Å². The molecule has 3 heteroatoms. The molecule has 1 N–H and O–H groups in total. The largest absolute Gasteiger partial charge is 0.481 e. The molecule has 2 atom stereocenters. The number of halogens is 1. The average Bonchev–Trinajstić information content (AvgIpc) is 2.39. The van der Waals surface area contributed by atoms with Crippen molar-refractivity contribution in [1.82, 2.24) is 0 Å². The standard InChI is InChI=1S/C7H9FO2/c1-3-7(8)4-6(7,2)5(9)10/h3H,1,4H2,2H3,(H,9,10)/t6-,7-/m1/s1. The molecule has 0 aromatic carbocycles. The minimum Gasteiger partial charge on any atom is -0.481 e. The maximum atomic E-state index is 13.0. The van der Waals surface area contributed by atoms with Crippen molar-refractivity contribution in [3.05, 3.63) is 12.7 Å². The molecule has 0 saturated heterocycles. The number of carboxylic acid groups (broad SMARTS) is 1. The SMILES string of the molecule is C=C[C@@]1(F)C[C@]1(C)C(=O)O. The second kappa shape index (κ2) is 1.59. The lowest BCUT2D eigenvalue weighted by Crippen LogP contribution is -2.19. The number of carbonyl (C=O) groups is 1. The van der Waals surface area contributed by atoms with Crippen LogP contribution in [0.3, 0.4) is 0 Å². The highest BCUT2D eigenvalue weighted by molar-refractivity contribution is 5.81. The van der Waals surface area contributed by atoms with Crippen LogP contribution in [-0.4, -0.2) is 16.7 Å². The number of hydrogen-bond donors (Lipinski definition) is 1. The van der Waals surface area contributed by atoms with Crippen molar-refractivity contribution in [2.24, 2.45) is 5.41 Å². The quantitative estimate of drug-likeness (QED) is 0.594. The number of carboxylic acids is 1. The van der Waals surface area contributed by atoms with Crippen molar-refractivity contribution in [2.75, 3.05) is 0 Å². The van der Waals surface area contributed by atoms with E-state index in [1.165, 1.54) is 6.92 Å². The van der Waals surface area contributed by atoms with Crippen molar-refractivity contribution in [1.29, 1.82) is 0 Å².